The van der Waals surface area contributed by atoms with Gasteiger partial charge >= 0.3 is 0 Å². The first-order valence-electron chi connectivity index (χ1n) is 4.13. The van der Waals surface area contributed by atoms with Gasteiger partial charge in [0.25, 0.3) is 0 Å². The molecule has 14 heavy (non-hydrogen) atoms. The Labute approximate surface area is 79.4 Å². The number of nitrogens with zero attached hydrogens (tertiary/aromatic N) is 6. The van der Waals surface area contributed by atoms with Crippen LogP contribution in [-0.4, -0.2) is 34.5 Å². The lowest BCUT2D eigenvalue weighted by Crippen LogP contribution is -2.44. The van der Waals surface area contributed by atoms with Gasteiger partial charge in [0.05, 0.1) is 18.2 Å². The summed E-state index contributed by atoms with van der Waals surface area (Å²) in [5, 5.41) is 25.5. The third-order valence-electron chi connectivity index (χ3n) is 2.23. The molecule has 0 aliphatic heterocycles. The second-order valence-corrected chi connectivity index (χ2v) is 3.16. The van der Waals surface area contributed by atoms with Crippen molar-refractivity contribution in [3.05, 3.63) is 20.9 Å². The summed E-state index contributed by atoms with van der Waals surface area (Å²) in [5.41, 5.74) is 16.4. The van der Waals surface area contributed by atoms with E-state index < -0.39 is 24.3 Å². The van der Waals surface area contributed by atoms with Crippen molar-refractivity contribution in [3.8, 4) is 0 Å². The molecule has 1 aliphatic carbocycles. The summed E-state index contributed by atoms with van der Waals surface area (Å²) in [6.07, 6.45) is -1.61. The van der Waals surface area contributed by atoms with E-state index in [-0.39, 0.29) is 12.8 Å². The highest BCUT2D eigenvalue weighted by Crippen LogP contribution is 2.24. The van der Waals surface area contributed by atoms with Crippen molar-refractivity contribution in [3.63, 3.8) is 0 Å². The van der Waals surface area contributed by atoms with Gasteiger partial charge in [-0.25, -0.2) is 0 Å². The Morgan fingerprint density at radius 3 is 2.29 bits per heavy atom. The van der Waals surface area contributed by atoms with E-state index in [1.54, 1.807) is 0 Å². The fraction of sp³-hybridized carbons (Fsp3) is 1.00. The van der Waals surface area contributed by atoms with Crippen LogP contribution in [-0.2, 0) is 0 Å². The molecule has 0 spiro atoms. The molecule has 0 heterocycles. The fourth-order valence-corrected chi connectivity index (χ4v) is 1.54. The van der Waals surface area contributed by atoms with Gasteiger partial charge in [-0.2, -0.15) is 0 Å². The maximum atomic E-state index is 9.40. The van der Waals surface area contributed by atoms with Crippen LogP contribution in [0.25, 0.3) is 20.9 Å². The zero-order chi connectivity index (χ0) is 10.6. The Kier molecular flexibility index (Phi) is 3.55. The van der Waals surface area contributed by atoms with Crippen LogP contribution in [0.1, 0.15) is 12.8 Å². The molecule has 1 aliphatic rings. The molecule has 1 saturated carbocycles. The van der Waals surface area contributed by atoms with E-state index in [9.17, 15) is 10.2 Å². The van der Waals surface area contributed by atoms with E-state index in [4.69, 9.17) is 11.1 Å². The minimum atomic E-state index is -1.07. The molecule has 0 aromatic rings. The van der Waals surface area contributed by atoms with E-state index in [1.807, 2.05) is 0 Å². The summed E-state index contributed by atoms with van der Waals surface area (Å²) < 4.78 is 0. The lowest BCUT2D eigenvalue weighted by atomic mass is 9.87. The molecule has 4 atom stereocenters. The van der Waals surface area contributed by atoms with Gasteiger partial charge in [-0.3, -0.25) is 0 Å². The van der Waals surface area contributed by atoms with Crippen LogP contribution in [0.2, 0.25) is 0 Å². The minimum absolute atomic E-state index is 0.197. The highest BCUT2D eigenvalue weighted by atomic mass is 16.3. The molecule has 1 fully saturated rings. The number of rotatable bonds is 2. The van der Waals surface area contributed by atoms with Gasteiger partial charge in [-0.1, -0.05) is 10.2 Å². The van der Waals surface area contributed by atoms with E-state index in [2.05, 4.69) is 20.1 Å². The topological polar surface area (TPSA) is 138 Å². The third-order valence-corrected chi connectivity index (χ3v) is 2.23. The summed E-state index contributed by atoms with van der Waals surface area (Å²) in [6.45, 7) is 0. The lowest BCUT2D eigenvalue weighted by Gasteiger charge is -2.32. The van der Waals surface area contributed by atoms with Crippen molar-refractivity contribution in [2.45, 2.75) is 37.1 Å². The monoisotopic (exact) mass is 198 g/mol. The van der Waals surface area contributed by atoms with Crippen LogP contribution < -0.4 is 0 Å². The molecule has 0 unspecified atom stereocenters. The van der Waals surface area contributed by atoms with Crippen molar-refractivity contribution in [1.29, 1.82) is 0 Å². The Balaban J connectivity index is 2.75. The highest BCUT2D eigenvalue weighted by molar-refractivity contribution is 4.93. The normalized spacial score (nSPS) is 36.7. The Hall–Kier alpha value is -1.46. The summed E-state index contributed by atoms with van der Waals surface area (Å²) in [4.78, 5) is 5.17. The average molecular weight is 198 g/mol. The van der Waals surface area contributed by atoms with Gasteiger partial charge in [0.1, 0.15) is 0 Å². The van der Waals surface area contributed by atoms with Crippen molar-refractivity contribution in [2.75, 3.05) is 0 Å². The van der Waals surface area contributed by atoms with Crippen LogP contribution in [0, 0.1) is 0 Å². The maximum Gasteiger partial charge on any atom is 0.0883 e. The van der Waals surface area contributed by atoms with Crippen LogP contribution in [0.4, 0.5) is 0 Å². The Morgan fingerprint density at radius 2 is 1.71 bits per heavy atom. The second-order valence-electron chi connectivity index (χ2n) is 3.16. The Bertz CT molecular complexity index is 295. The smallest absolute Gasteiger partial charge is 0.0883 e. The first-order valence-corrected chi connectivity index (χ1v) is 4.13. The maximum absolute atomic E-state index is 9.40. The molecule has 0 saturated heterocycles. The van der Waals surface area contributed by atoms with Gasteiger partial charge in [0.15, 0.2) is 0 Å². The number of hydrogen-bond acceptors (Lipinski definition) is 4. The van der Waals surface area contributed by atoms with Crippen LogP contribution in [0.15, 0.2) is 10.2 Å². The van der Waals surface area contributed by atoms with Crippen molar-refractivity contribution in [2.24, 2.45) is 10.2 Å². The van der Waals surface area contributed by atoms with Crippen molar-refractivity contribution in [1.82, 2.24) is 0 Å². The van der Waals surface area contributed by atoms with E-state index in [0.717, 1.165) is 0 Å². The highest BCUT2D eigenvalue weighted by Gasteiger charge is 2.34. The van der Waals surface area contributed by atoms with E-state index >= 15 is 0 Å². The molecule has 0 aromatic heterocycles. The summed E-state index contributed by atoms with van der Waals surface area (Å²) in [6, 6.07) is -1.15. The molecule has 0 aromatic carbocycles. The molecule has 0 radical (unpaired) electrons. The van der Waals surface area contributed by atoms with Gasteiger partial charge < -0.3 is 10.2 Å². The first-order chi connectivity index (χ1) is 6.69. The van der Waals surface area contributed by atoms with Crippen LogP contribution in [0.5, 0.6) is 0 Å². The van der Waals surface area contributed by atoms with Gasteiger partial charge in [-0.05, 0) is 23.9 Å². The molecule has 76 valence electrons. The number of aliphatic hydroxyl groups is 2. The summed E-state index contributed by atoms with van der Waals surface area (Å²) in [7, 11) is 0. The molecule has 8 nitrogen and oxygen atoms in total. The largest absolute Gasteiger partial charge is 0.390 e. The zero-order valence-electron chi connectivity index (χ0n) is 7.30. The number of hydrogen-bond donors (Lipinski definition) is 2. The first kappa shape index (κ1) is 10.6. The summed E-state index contributed by atoms with van der Waals surface area (Å²) >= 11 is 0. The molecule has 0 bridgehead atoms. The molecular formula is C6H10N6O2. The third kappa shape index (κ3) is 2.27. The van der Waals surface area contributed by atoms with Gasteiger partial charge in [0, 0.05) is 15.9 Å². The second kappa shape index (κ2) is 4.69. The molecule has 8 heteroatoms. The van der Waals surface area contributed by atoms with Gasteiger partial charge in [-0.15, -0.1) is 0 Å². The van der Waals surface area contributed by atoms with Crippen LogP contribution in [0.3, 0.4) is 0 Å². The zero-order valence-corrected chi connectivity index (χ0v) is 7.30. The average Bonchev–Trinajstić information content (AvgIpc) is 2.14. The van der Waals surface area contributed by atoms with Crippen molar-refractivity contribution < 1.29 is 10.2 Å². The van der Waals surface area contributed by atoms with Gasteiger partial charge in [0.2, 0.25) is 0 Å². The lowest BCUT2D eigenvalue weighted by molar-refractivity contribution is -0.0257. The van der Waals surface area contributed by atoms with Crippen molar-refractivity contribution >= 4 is 0 Å². The number of azide groups is 2. The standard InChI is InChI=1S/C6H10N6O2/c7-11-9-3-1-4(10-12-8)6(14)5(13)2-3/h3-6,13-14H,1-2H2/t3-,4+,5+,6-/m1/s1. The fourth-order valence-electron chi connectivity index (χ4n) is 1.54. The number of aliphatic hydroxyl groups excluding tert-OH is 2. The molecule has 0 amide bonds. The predicted octanol–water partition coefficient (Wildman–Crippen LogP) is 0.860. The minimum Gasteiger partial charge on any atom is -0.390 e. The van der Waals surface area contributed by atoms with E-state index in [0.29, 0.717) is 0 Å². The predicted molar refractivity (Wildman–Crippen MR) is 47.1 cm³/mol. The molecule has 1 rings (SSSR count). The molecular weight excluding hydrogens is 188 g/mol. The summed E-state index contributed by atoms with van der Waals surface area (Å²) in [5.74, 6) is 0. The SMILES string of the molecule is [N-]=[N+]=N[C@@H]1C[C@H](N=[N+]=[N-])[C@@H](O)[C@@H](O)C1. The van der Waals surface area contributed by atoms with Crippen LogP contribution >= 0.6 is 0 Å². The van der Waals surface area contributed by atoms with E-state index in [1.165, 1.54) is 0 Å². The quantitative estimate of drug-likeness (QED) is 0.386. The Morgan fingerprint density at radius 1 is 1.07 bits per heavy atom. The molecule has 2 N–H and O–H groups in total.